The first-order chi connectivity index (χ1) is 12.1. The molecule has 2 rings (SSSR count). The Hall–Kier alpha value is -1.66. The number of benzene rings is 1. The quantitative estimate of drug-likeness (QED) is 0.732. The van der Waals surface area contributed by atoms with Crippen LogP contribution in [0.15, 0.2) is 24.3 Å². The maximum Gasteiger partial charge on any atom is 0.317 e. The molecule has 1 aliphatic rings. The standard InChI is InChI=1S/C19H31FN4O/c1-3-23-11-13-24(14-12-23)10-5-4-9-21-19(25)22(2)16-17-7-6-8-18(20)15-17/h6-8,15H,3-5,9-14,16H2,1-2H3,(H,21,25). The molecule has 0 atom stereocenters. The molecule has 0 saturated carbocycles. The van der Waals surface area contributed by atoms with E-state index < -0.39 is 0 Å². The van der Waals surface area contributed by atoms with Gasteiger partial charge < -0.3 is 20.0 Å². The second-order valence-electron chi connectivity index (χ2n) is 6.70. The van der Waals surface area contributed by atoms with Gasteiger partial charge in [0, 0.05) is 46.3 Å². The van der Waals surface area contributed by atoms with E-state index in [0.29, 0.717) is 13.1 Å². The zero-order chi connectivity index (χ0) is 18.1. The number of hydrogen-bond acceptors (Lipinski definition) is 3. The van der Waals surface area contributed by atoms with Crippen molar-refractivity contribution in [1.29, 1.82) is 0 Å². The topological polar surface area (TPSA) is 38.8 Å². The average molecular weight is 350 g/mol. The van der Waals surface area contributed by atoms with Crippen LogP contribution >= 0.6 is 0 Å². The summed E-state index contributed by atoms with van der Waals surface area (Å²) in [5.74, 6) is -0.272. The van der Waals surface area contributed by atoms with Crippen LogP contribution in [0.25, 0.3) is 0 Å². The van der Waals surface area contributed by atoms with E-state index >= 15 is 0 Å². The van der Waals surface area contributed by atoms with Crippen molar-refractivity contribution in [1.82, 2.24) is 20.0 Å². The predicted octanol–water partition coefficient (Wildman–Crippen LogP) is 2.38. The Kier molecular flexibility index (Phi) is 8.15. The van der Waals surface area contributed by atoms with Crippen LogP contribution in [0.4, 0.5) is 9.18 Å². The summed E-state index contributed by atoms with van der Waals surface area (Å²) in [6, 6.07) is 6.25. The number of urea groups is 1. The number of rotatable bonds is 8. The zero-order valence-corrected chi connectivity index (χ0v) is 15.5. The van der Waals surface area contributed by atoms with Crippen LogP contribution in [0, 0.1) is 5.82 Å². The van der Waals surface area contributed by atoms with Crippen molar-refractivity contribution in [2.45, 2.75) is 26.3 Å². The molecule has 0 radical (unpaired) electrons. The SMILES string of the molecule is CCN1CCN(CCCCNC(=O)N(C)Cc2cccc(F)c2)CC1. The molecule has 5 nitrogen and oxygen atoms in total. The van der Waals surface area contributed by atoms with Gasteiger partial charge in [0.05, 0.1) is 0 Å². The number of likely N-dealkylation sites (N-methyl/N-ethyl adjacent to an activating group) is 1. The van der Waals surface area contributed by atoms with Gasteiger partial charge in [-0.05, 0) is 43.6 Å². The molecule has 140 valence electrons. The molecule has 0 bridgehead atoms. The van der Waals surface area contributed by atoms with Gasteiger partial charge in [-0.25, -0.2) is 9.18 Å². The van der Waals surface area contributed by atoms with Crippen molar-refractivity contribution < 1.29 is 9.18 Å². The number of carbonyl (C=O) groups is 1. The lowest BCUT2D eigenvalue weighted by Crippen LogP contribution is -2.46. The predicted molar refractivity (Wildman–Crippen MR) is 99.1 cm³/mol. The van der Waals surface area contributed by atoms with E-state index in [4.69, 9.17) is 0 Å². The van der Waals surface area contributed by atoms with Crippen LogP contribution in [0.2, 0.25) is 0 Å². The summed E-state index contributed by atoms with van der Waals surface area (Å²) in [5, 5.41) is 2.94. The molecule has 1 N–H and O–H groups in total. The Morgan fingerprint density at radius 1 is 1.20 bits per heavy atom. The maximum atomic E-state index is 13.2. The summed E-state index contributed by atoms with van der Waals surface area (Å²) in [7, 11) is 1.73. The van der Waals surface area contributed by atoms with E-state index in [1.165, 1.54) is 12.1 Å². The van der Waals surface area contributed by atoms with Crippen LogP contribution in [-0.2, 0) is 6.54 Å². The van der Waals surface area contributed by atoms with Gasteiger partial charge in [0.2, 0.25) is 0 Å². The molecule has 6 heteroatoms. The van der Waals surface area contributed by atoms with Gasteiger partial charge in [-0.3, -0.25) is 0 Å². The van der Waals surface area contributed by atoms with Crippen molar-refractivity contribution in [3.63, 3.8) is 0 Å². The first-order valence-corrected chi connectivity index (χ1v) is 9.26. The third-order valence-electron chi connectivity index (χ3n) is 4.74. The van der Waals surface area contributed by atoms with Crippen molar-refractivity contribution in [2.75, 3.05) is 52.9 Å². The van der Waals surface area contributed by atoms with Gasteiger partial charge in [-0.1, -0.05) is 19.1 Å². The summed E-state index contributed by atoms with van der Waals surface area (Å²) >= 11 is 0. The van der Waals surface area contributed by atoms with Crippen molar-refractivity contribution in [3.8, 4) is 0 Å². The summed E-state index contributed by atoms with van der Waals surface area (Å²) < 4.78 is 13.2. The fraction of sp³-hybridized carbons (Fsp3) is 0.632. The maximum absolute atomic E-state index is 13.2. The number of carbonyl (C=O) groups excluding carboxylic acids is 1. The second-order valence-corrected chi connectivity index (χ2v) is 6.70. The molecular formula is C19H31FN4O. The Labute approximate surface area is 150 Å². The molecule has 2 amide bonds. The van der Waals surface area contributed by atoms with Gasteiger partial charge in [0.25, 0.3) is 0 Å². The van der Waals surface area contributed by atoms with Gasteiger partial charge in [0.15, 0.2) is 0 Å². The summed E-state index contributed by atoms with van der Waals surface area (Å²) in [6.45, 7) is 10.2. The van der Waals surface area contributed by atoms with Gasteiger partial charge in [0.1, 0.15) is 5.82 Å². The Balaban J connectivity index is 1.56. The van der Waals surface area contributed by atoms with Gasteiger partial charge in [-0.15, -0.1) is 0 Å². The van der Waals surface area contributed by atoms with Crippen LogP contribution in [-0.4, -0.2) is 73.6 Å². The number of piperazine rings is 1. The lowest BCUT2D eigenvalue weighted by Gasteiger charge is -2.34. The van der Waals surface area contributed by atoms with E-state index in [0.717, 1.165) is 57.7 Å². The number of nitrogens with zero attached hydrogens (tertiary/aromatic N) is 3. The summed E-state index contributed by atoms with van der Waals surface area (Å²) in [4.78, 5) is 18.6. The zero-order valence-electron chi connectivity index (χ0n) is 15.5. The minimum Gasteiger partial charge on any atom is -0.338 e. The molecule has 1 fully saturated rings. The summed E-state index contributed by atoms with van der Waals surface area (Å²) in [5.41, 5.74) is 0.795. The smallest absolute Gasteiger partial charge is 0.317 e. The van der Waals surface area contributed by atoms with Crippen molar-refractivity contribution in [2.24, 2.45) is 0 Å². The van der Waals surface area contributed by atoms with E-state index in [2.05, 4.69) is 22.0 Å². The molecule has 1 aromatic carbocycles. The number of halogens is 1. The molecule has 0 unspecified atom stereocenters. The molecular weight excluding hydrogens is 319 g/mol. The number of nitrogens with one attached hydrogen (secondary N) is 1. The number of hydrogen-bond donors (Lipinski definition) is 1. The van der Waals surface area contributed by atoms with E-state index in [9.17, 15) is 9.18 Å². The van der Waals surface area contributed by atoms with Crippen LogP contribution in [0.1, 0.15) is 25.3 Å². The monoisotopic (exact) mass is 350 g/mol. The van der Waals surface area contributed by atoms with E-state index in [-0.39, 0.29) is 11.8 Å². The number of amides is 2. The highest BCUT2D eigenvalue weighted by atomic mass is 19.1. The minimum atomic E-state index is -0.272. The van der Waals surface area contributed by atoms with Gasteiger partial charge in [-0.2, -0.15) is 0 Å². The molecule has 1 aliphatic heterocycles. The van der Waals surface area contributed by atoms with E-state index in [1.54, 1.807) is 18.0 Å². The highest BCUT2D eigenvalue weighted by Gasteiger charge is 2.14. The van der Waals surface area contributed by atoms with Crippen molar-refractivity contribution >= 4 is 6.03 Å². The Morgan fingerprint density at radius 3 is 2.60 bits per heavy atom. The van der Waals surface area contributed by atoms with Gasteiger partial charge >= 0.3 is 6.03 Å². The average Bonchev–Trinajstić information content (AvgIpc) is 2.61. The normalized spacial score (nSPS) is 16.0. The molecule has 25 heavy (non-hydrogen) atoms. The van der Waals surface area contributed by atoms with Crippen LogP contribution in [0.5, 0.6) is 0 Å². The molecule has 0 aliphatic carbocycles. The molecule has 1 saturated heterocycles. The molecule has 1 heterocycles. The van der Waals surface area contributed by atoms with Crippen molar-refractivity contribution in [3.05, 3.63) is 35.6 Å². The molecule has 0 aromatic heterocycles. The van der Waals surface area contributed by atoms with Crippen LogP contribution < -0.4 is 5.32 Å². The molecule has 0 spiro atoms. The highest BCUT2D eigenvalue weighted by Crippen LogP contribution is 2.06. The van der Waals surface area contributed by atoms with E-state index in [1.807, 2.05) is 6.07 Å². The minimum absolute atomic E-state index is 0.110. The first kappa shape index (κ1) is 19.7. The lowest BCUT2D eigenvalue weighted by molar-refractivity contribution is 0.135. The Morgan fingerprint density at radius 2 is 1.92 bits per heavy atom. The second kappa shape index (κ2) is 10.4. The molecule has 1 aromatic rings. The fourth-order valence-electron chi connectivity index (χ4n) is 3.10. The third kappa shape index (κ3) is 7.00. The van der Waals surface area contributed by atoms with Crippen LogP contribution in [0.3, 0.4) is 0 Å². The highest BCUT2D eigenvalue weighted by molar-refractivity contribution is 5.73. The Bertz CT molecular complexity index is 532. The largest absolute Gasteiger partial charge is 0.338 e. The third-order valence-corrected chi connectivity index (χ3v) is 4.74. The number of unbranched alkanes of at least 4 members (excludes halogenated alkanes) is 1. The fourth-order valence-corrected chi connectivity index (χ4v) is 3.10. The first-order valence-electron chi connectivity index (χ1n) is 9.26. The lowest BCUT2D eigenvalue weighted by atomic mass is 10.2. The summed E-state index contributed by atoms with van der Waals surface area (Å²) in [6.07, 6.45) is 2.08.